The third kappa shape index (κ3) is 3.15. The Morgan fingerprint density at radius 1 is 1.29 bits per heavy atom. The summed E-state index contributed by atoms with van der Waals surface area (Å²) < 4.78 is 62.5. The zero-order valence-corrected chi connectivity index (χ0v) is 6.91. The van der Waals surface area contributed by atoms with E-state index in [-0.39, 0.29) is 0 Å². The van der Waals surface area contributed by atoms with Crippen LogP contribution in [0.1, 0.15) is 6.92 Å². The summed E-state index contributed by atoms with van der Waals surface area (Å²) in [5.74, 6) is -4.75. The topological polar surface area (TPSA) is 26.3 Å². The largest absolute Gasteiger partial charge is 0.461 e. The van der Waals surface area contributed by atoms with Crippen molar-refractivity contribution in [2.75, 3.05) is 0 Å². The van der Waals surface area contributed by atoms with E-state index in [1.54, 1.807) is 0 Å². The number of esters is 1. The van der Waals surface area contributed by atoms with Crippen LogP contribution >= 0.6 is 0 Å². The van der Waals surface area contributed by atoms with Crippen molar-refractivity contribution in [2.45, 2.75) is 13.0 Å². The zero-order chi connectivity index (χ0) is 11.5. The van der Waals surface area contributed by atoms with Gasteiger partial charge in [0, 0.05) is 5.57 Å². The summed E-state index contributed by atoms with van der Waals surface area (Å²) in [6.07, 6.45) is -8.21. The Labute approximate surface area is 75.7 Å². The summed E-state index contributed by atoms with van der Waals surface area (Å²) in [6.45, 7) is 3.92. The van der Waals surface area contributed by atoms with Gasteiger partial charge in [-0.05, 0) is 6.92 Å². The molecule has 0 amide bonds. The SMILES string of the molecule is C=C(C)C(=O)OC(F)(F)C(F)=C(F)F. The standard InChI is InChI=1S/C7H5F5O2/c1-3(2)6(13)14-7(11,12)4(8)5(9)10/h1H2,2H3. The van der Waals surface area contributed by atoms with Crippen LogP contribution in [0.2, 0.25) is 0 Å². The van der Waals surface area contributed by atoms with Crippen molar-refractivity contribution in [3.63, 3.8) is 0 Å². The van der Waals surface area contributed by atoms with Gasteiger partial charge in [-0.3, -0.25) is 0 Å². The number of carbonyl (C=O) groups is 1. The molecule has 2 nitrogen and oxygen atoms in total. The van der Waals surface area contributed by atoms with E-state index in [0.29, 0.717) is 0 Å². The number of hydrogen-bond acceptors (Lipinski definition) is 2. The summed E-state index contributed by atoms with van der Waals surface area (Å²) in [6, 6.07) is 0. The molecule has 0 unspecified atom stereocenters. The van der Waals surface area contributed by atoms with E-state index in [1.165, 1.54) is 0 Å². The molecule has 0 saturated heterocycles. The highest BCUT2D eigenvalue weighted by atomic mass is 19.3. The van der Waals surface area contributed by atoms with Crippen LogP contribution < -0.4 is 0 Å². The monoisotopic (exact) mass is 216 g/mol. The van der Waals surface area contributed by atoms with Crippen molar-refractivity contribution >= 4 is 5.97 Å². The minimum absolute atomic E-state index is 0.461. The molecule has 0 aliphatic heterocycles. The van der Waals surface area contributed by atoms with Gasteiger partial charge in [0.15, 0.2) is 0 Å². The maximum absolute atomic E-state index is 12.3. The number of alkyl halides is 2. The summed E-state index contributed by atoms with van der Waals surface area (Å²) >= 11 is 0. The molecule has 0 radical (unpaired) electrons. The summed E-state index contributed by atoms with van der Waals surface area (Å²) in [7, 11) is 0. The van der Waals surface area contributed by atoms with Crippen LogP contribution in [0.25, 0.3) is 0 Å². The van der Waals surface area contributed by atoms with E-state index in [2.05, 4.69) is 11.3 Å². The van der Waals surface area contributed by atoms with Crippen LogP contribution in [0.5, 0.6) is 0 Å². The van der Waals surface area contributed by atoms with Crippen LogP contribution in [-0.2, 0) is 9.53 Å². The van der Waals surface area contributed by atoms with Gasteiger partial charge in [0.2, 0.25) is 0 Å². The van der Waals surface area contributed by atoms with Crippen LogP contribution in [0.4, 0.5) is 22.0 Å². The molecule has 0 N–H and O–H groups in total. The first-order valence-corrected chi connectivity index (χ1v) is 3.16. The summed E-state index contributed by atoms with van der Waals surface area (Å²) in [5.41, 5.74) is -0.461. The lowest BCUT2D eigenvalue weighted by Crippen LogP contribution is -2.26. The Bertz CT molecular complexity index is 290. The van der Waals surface area contributed by atoms with E-state index >= 15 is 0 Å². The van der Waals surface area contributed by atoms with Crippen molar-refractivity contribution in [3.8, 4) is 0 Å². The smallest absolute Gasteiger partial charge is 0.392 e. The van der Waals surface area contributed by atoms with E-state index in [1.807, 2.05) is 0 Å². The normalized spacial score (nSPS) is 10.7. The Balaban J connectivity index is 4.75. The van der Waals surface area contributed by atoms with Crippen LogP contribution in [-0.4, -0.2) is 12.1 Å². The Morgan fingerprint density at radius 3 is 2.00 bits per heavy atom. The van der Waals surface area contributed by atoms with Crippen molar-refractivity contribution in [3.05, 3.63) is 24.1 Å². The molecule has 0 rings (SSSR count). The van der Waals surface area contributed by atoms with Gasteiger partial charge in [0.05, 0.1) is 0 Å². The van der Waals surface area contributed by atoms with Gasteiger partial charge in [-0.2, -0.15) is 22.0 Å². The minimum atomic E-state index is -4.96. The maximum Gasteiger partial charge on any atom is 0.461 e. The molecule has 0 fully saturated rings. The fraction of sp³-hybridized carbons (Fsp3) is 0.286. The van der Waals surface area contributed by atoms with Gasteiger partial charge in [0.1, 0.15) is 0 Å². The van der Waals surface area contributed by atoms with Gasteiger partial charge < -0.3 is 4.74 Å². The quantitative estimate of drug-likeness (QED) is 0.412. The molecule has 0 aromatic rings. The third-order valence-corrected chi connectivity index (χ3v) is 0.991. The van der Waals surface area contributed by atoms with Crippen molar-refractivity contribution in [2.24, 2.45) is 0 Å². The average Bonchev–Trinajstić information content (AvgIpc) is 2.01. The molecule has 0 bridgehead atoms. The minimum Gasteiger partial charge on any atom is -0.392 e. The van der Waals surface area contributed by atoms with E-state index < -0.39 is 29.6 Å². The Morgan fingerprint density at radius 2 is 1.71 bits per heavy atom. The molecule has 0 atom stereocenters. The highest BCUT2D eigenvalue weighted by Gasteiger charge is 2.44. The molecule has 7 heteroatoms. The molecule has 0 aliphatic carbocycles. The average molecular weight is 216 g/mol. The second kappa shape index (κ2) is 4.21. The third-order valence-electron chi connectivity index (χ3n) is 0.991. The highest BCUT2D eigenvalue weighted by Crippen LogP contribution is 2.30. The molecule has 0 aromatic carbocycles. The van der Waals surface area contributed by atoms with E-state index in [4.69, 9.17) is 0 Å². The lowest BCUT2D eigenvalue weighted by Gasteiger charge is -2.13. The van der Waals surface area contributed by atoms with Crippen molar-refractivity contribution < 1.29 is 31.5 Å². The molecular formula is C7H5F5O2. The predicted molar refractivity (Wildman–Crippen MR) is 36.2 cm³/mol. The first-order chi connectivity index (χ1) is 6.18. The molecule has 14 heavy (non-hydrogen) atoms. The number of ether oxygens (including phenoxy) is 1. The van der Waals surface area contributed by atoms with Gasteiger partial charge in [-0.1, -0.05) is 6.58 Å². The summed E-state index contributed by atoms with van der Waals surface area (Å²) in [5, 5.41) is 0. The van der Waals surface area contributed by atoms with Crippen molar-refractivity contribution in [1.82, 2.24) is 0 Å². The van der Waals surface area contributed by atoms with Gasteiger partial charge >= 0.3 is 18.2 Å². The zero-order valence-electron chi connectivity index (χ0n) is 6.91. The molecule has 0 aromatic heterocycles. The lowest BCUT2D eigenvalue weighted by molar-refractivity contribution is -0.218. The van der Waals surface area contributed by atoms with Gasteiger partial charge in [-0.25, -0.2) is 4.79 Å². The second-order valence-electron chi connectivity index (χ2n) is 2.26. The number of carbonyl (C=O) groups excluding carboxylic acids is 1. The fourth-order valence-corrected chi connectivity index (χ4v) is 0.358. The lowest BCUT2D eigenvalue weighted by atomic mass is 10.4. The molecule has 0 aliphatic rings. The Kier molecular flexibility index (Phi) is 3.79. The highest BCUT2D eigenvalue weighted by molar-refractivity contribution is 5.87. The first kappa shape index (κ1) is 12.6. The molecular weight excluding hydrogens is 211 g/mol. The van der Waals surface area contributed by atoms with Crippen molar-refractivity contribution in [1.29, 1.82) is 0 Å². The van der Waals surface area contributed by atoms with E-state index in [9.17, 15) is 26.7 Å². The number of halogens is 5. The number of rotatable bonds is 3. The molecule has 0 heterocycles. The van der Waals surface area contributed by atoms with Gasteiger partial charge in [-0.15, -0.1) is 0 Å². The van der Waals surface area contributed by atoms with Crippen LogP contribution in [0.15, 0.2) is 24.1 Å². The van der Waals surface area contributed by atoms with E-state index in [0.717, 1.165) is 6.92 Å². The second-order valence-corrected chi connectivity index (χ2v) is 2.26. The molecule has 0 spiro atoms. The first-order valence-electron chi connectivity index (χ1n) is 3.16. The van der Waals surface area contributed by atoms with Gasteiger partial charge in [0.25, 0.3) is 5.83 Å². The number of hydrogen-bond donors (Lipinski definition) is 0. The van der Waals surface area contributed by atoms with Crippen LogP contribution in [0, 0.1) is 0 Å². The summed E-state index contributed by atoms with van der Waals surface area (Å²) in [4.78, 5) is 10.4. The maximum atomic E-state index is 12.3. The predicted octanol–water partition coefficient (Wildman–Crippen LogP) is 2.78. The molecule has 0 saturated carbocycles. The van der Waals surface area contributed by atoms with Crippen LogP contribution in [0.3, 0.4) is 0 Å². The Hall–Kier alpha value is -1.40. The fourth-order valence-electron chi connectivity index (χ4n) is 0.358. The molecule has 80 valence electrons.